The fourth-order valence-corrected chi connectivity index (χ4v) is 7.58. The zero-order valence-electron chi connectivity index (χ0n) is 27.3. The van der Waals surface area contributed by atoms with Gasteiger partial charge in [0, 0.05) is 50.4 Å². The minimum atomic E-state index is -4.62. The van der Waals surface area contributed by atoms with E-state index in [0.717, 1.165) is 44.6 Å². The summed E-state index contributed by atoms with van der Waals surface area (Å²) in [5, 5.41) is -0.344. The maximum atomic E-state index is 14.1. The highest BCUT2D eigenvalue weighted by atomic mass is 35.5. The van der Waals surface area contributed by atoms with Crippen LogP contribution >= 0.6 is 11.6 Å². The molecule has 48 heavy (non-hydrogen) atoms. The molecule has 1 aromatic carbocycles. The van der Waals surface area contributed by atoms with Crippen molar-refractivity contribution in [3.05, 3.63) is 63.6 Å². The quantitative estimate of drug-likeness (QED) is 0.276. The first-order chi connectivity index (χ1) is 23.1. The number of likely N-dealkylation sites (N-methyl/N-ethyl adjacent to an activating group) is 1. The summed E-state index contributed by atoms with van der Waals surface area (Å²) in [6, 6.07) is 4.29. The minimum absolute atomic E-state index is 0.0119. The van der Waals surface area contributed by atoms with Gasteiger partial charge in [0.1, 0.15) is 18.5 Å². The number of carbonyl (C=O) groups excluding carboxylic acids is 1. The van der Waals surface area contributed by atoms with Crippen LogP contribution in [0.3, 0.4) is 0 Å². The number of aromatic nitrogens is 2. The van der Waals surface area contributed by atoms with E-state index in [4.69, 9.17) is 32.9 Å². The van der Waals surface area contributed by atoms with E-state index < -0.39 is 11.7 Å². The first-order valence-electron chi connectivity index (χ1n) is 16.7. The standard InChI is InChI=1S/C34H42ClF3N8O2/c1-39-20-25-21-45(18-19-46(25)30(47)11-7-16-43-14-3-4-15-43)32-26-12-17-44(29-10-5-9-27(35)31(29)34(36,37)38)22-28(26)40-33(41-32)48-23-24-8-6-13-42(24)2/h5,7,9-11,24-25H,3-4,6,8,12-23H2,2H3/b11-7+/t24-,25-/m0/s1. The van der Waals surface area contributed by atoms with Gasteiger partial charge in [0.05, 0.1) is 28.5 Å². The van der Waals surface area contributed by atoms with Gasteiger partial charge < -0.3 is 29.2 Å². The van der Waals surface area contributed by atoms with E-state index in [2.05, 4.69) is 26.6 Å². The molecule has 0 spiro atoms. The molecule has 2 aromatic rings. The smallest absolute Gasteiger partial charge is 0.419 e. The van der Waals surface area contributed by atoms with Crippen molar-refractivity contribution < 1.29 is 22.7 Å². The van der Waals surface area contributed by atoms with Gasteiger partial charge in [-0.25, -0.2) is 6.57 Å². The number of piperazine rings is 1. The van der Waals surface area contributed by atoms with Crippen molar-refractivity contribution in [2.45, 2.75) is 56.9 Å². The lowest BCUT2D eigenvalue weighted by Crippen LogP contribution is -2.56. The number of hydrogen-bond donors (Lipinski definition) is 0. The Morgan fingerprint density at radius 1 is 1.08 bits per heavy atom. The van der Waals surface area contributed by atoms with Gasteiger partial charge in [0.25, 0.3) is 0 Å². The van der Waals surface area contributed by atoms with Crippen LogP contribution in [0.4, 0.5) is 24.7 Å². The summed E-state index contributed by atoms with van der Waals surface area (Å²) in [4.78, 5) is 36.6. The van der Waals surface area contributed by atoms with Crippen LogP contribution in [-0.2, 0) is 23.9 Å². The lowest BCUT2D eigenvalue weighted by molar-refractivity contribution is -0.137. The molecule has 1 aromatic heterocycles. The molecule has 2 atom stereocenters. The molecule has 0 radical (unpaired) electrons. The Hall–Kier alpha value is -3.60. The second-order valence-corrected chi connectivity index (χ2v) is 13.4. The Balaban J connectivity index is 1.26. The number of carbonyl (C=O) groups is 1. The van der Waals surface area contributed by atoms with Crippen LogP contribution in [0.15, 0.2) is 30.4 Å². The third-order valence-electron chi connectivity index (χ3n) is 9.90. The van der Waals surface area contributed by atoms with Gasteiger partial charge in [0.15, 0.2) is 0 Å². The van der Waals surface area contributed by atoms with Crippen molar-refractivity contribution in [3.63, 3.8) is 0 Å². The van der Waals surface area contributed by atoms with Crippen molar-refractivity contribution in [2.24, 2.45) is 0 Å². The lowest BCUT2D eigenvalue weighted by Gasteiger charge is -2.41. The molecule has 4 aliphatic heterocycles. The Morgan fingerprint density at radius 3 is 2.62 bits per heavy atom. The number of benzene rings is 1. The molecule has 10 nitrogen and oxygen atoms in total. The van der Waals surface area contributed by atoms with Crippen molar-refractivity contribution in [2.75, 3.05) is 82.4 Å². The molecule has 1 amide bonds. The van der Waals surface area contributed by atoms with E-state index in [9.17, 15) is 18.0 Å². The molecule has 3 saturated heterocycles. The Kier molecular flexibility index (Phi) is 10.6. The van der Waals surface area contributed by atoms with Crippen LogP contribution in [0.5, 0.6) is 6.01 Å². The van der Waals surface area contributed by atoms with Crippen molar-refractivity contribution >= 4 is 29.0 Å². The highest BCUT2D eigenvalue weighted by Crippen LogP contribution is 2.43. The number of nitrogens with zero attached hydrogens (tertiary/aromatic N) is 8. The number of anilines is 2. The number of halogens is 4. The fraction of sp³-hybridized carbons (Fsp3) is 0.588. The normalized spacial score (nSPS) is 22.4. The van der Waals surface area contributed by atoms with Crippen molar-refractivity contribution in [3.8, 4) is 6.01 Å². The summed E-state index contributed by atoms with van der Waals surface area (Å²) in [7, 11) is 2.06. The molecule has 6 rings (SSSR count). The lowest BCUT2D eigenvalue weighted by atomic mass is 10.0. The number of ether oxygens (including phenoxy) is 1. The molecular formula is C34H42ClF3N8O2. The maximum Gasteiger partial charge on any atom is 0.419 e. The Labute approximate surface area is 284 Å². The average molecular weight is 687 g/mol. The topological polar surface area (TPSA) is 72.6 Å². The first kappa shape index (κ1) is 34.3. The fourth-order valence-electron chi connectivity index (χ4n) is 7.30. The van der Waals surface area contributed by atoms with E-state index in [0.29, 0.717) is 50.7 Å². The van der Waals surface area contributed by atoms with E-state index in [1.165, 1.54) is 31.0 Å². The molecule has 0 bridgehead atoms. The van der Waals surface area contributed by atoms with Crippen LogP contribution in [0.25, 0.3) is 4.85 Å². The molecule has 0 N–H and O–H groups in total. The van der Waals surface area contributed by atoms with Gasteiger partial charge >= 0.3 is 12.2 Å². The number of likely N-dealkylation sites (tertiary alicyclic amines) is 2. The van der Waals surface area contributed by atoms with Crippen LogP contribution in [0.2, 0.25) is 5.02 Å². The van der Waals surface area contributed by atoms with Gasteiger partial charge in [-0.2, -0.15) is 23.1 Å². The molecule has 4 aliphatic rings. The predicted molar refractivity (Wildman–Crippen MR) is 178 cm³/mol. The zero-order chi connectivity index (χ0) is 33.8. The van der Waals surface area contributed by atoms with Crippen LogP contribution in [0, 0.1) is 6.57 Å². The first-order valence-corrected chi connectivity index (χ1v) is 17.1. The van der Waals surface area contributed by atoms with Gasteiger partial charge in [-0.1, -0.05) is 23.7 Å². The number of amides is 1. The van der Waals surface area contributed by atoms with Crippen LogP contribution in [-0.4, -0.2) is 115 Å². The SMILES string of the molecule is [C-]#[N+]C[C@H]1CN(c2nc(OC[C@@H]3CCCN3C)nc3c2CCN(c2cccc(Cl)c2C(F)(F)F)C3)CCN1C(=O)/C=C/CN1CCCC1. The highest BCUT2D eigenvalue weighted by molar-refractivity contribution is 6.31. The second kappa shape index (κ2) is 14.9. The van der Waals surface area contributed by atoms with E-state index >= 15 is 0 Å². The molecule has 258 valence electrons. The van der Waals surface area contributed by atoms with Gasteiger partial charge in [-0.05, 0) is 70.9 Å². The maximum absolute atomic E-state index is 14.1. The summed E-state index contributed by atoms with van der Waals surface area (Å²) in [6.07, 6.45) is 3.77. The molecular weight excluding hydrogens is 645 g/mol. The Morgan fingerprint density at radius 2 is 1.90 bits per heavy atom. The van der Waals surface area contributed by atoms with Crippen LogP contribution in [0.1, 0.15) is 42.5 Å². The third kappa shape index (κ3) is 7.66. The van der Waals surface area contributed by atoms with Gasteiger partial charge in [-0.3, -0.25) is 9.69 Å². The number of hydrogen-bond acceptors (Lipinski definition) is 8. The molecule has 3 fully saturated rings. The highest BCUT2D eigenvalue weighted by Gasteiger charge is 2.39. The number of alkyl halides is 3. The van der Waals surface area contributed by atoms with Gasteiger partial charge in [0.2, 0.25) is 12.5 Å². The predicted octanol–water partition coefficient (Wildman–Crippen LogP) is 4.77. The molecule has 0 unspecified atom stereocenters. The zero-order valence-corrected chi connectivity index (χ0v) is 28.0. The van der Waals surface area contributed by atoms with E-state index in [1.54, 1.807) is 15.9 Å². The second-order valence-electron chi connectivity index (χ2n) is 13.0. The average Bonchev–Trinajstić information content (AvgIpc) is 3.74. The molecule has 0 saturated carbocycles. The summed E-state index contributed by atoms with van der Waals surface area (Å²) >= 11 is 6.07. The van der Waals surface area contributed by atoms with Crippen LogP contribution < -0.4 is 14.5 Å². The van der Waals surface area contributed by atoms with E-state index in [1.807, 2.05) is 6.08 Å². The summed E-state index contributed by atoms with van der Waals surface area (Å²) in [5.41, 5.74) is 0.596. The summed E-state index contributed by atoms with van der Waals surface area (Å²) < 4.78 is 48.5. The summed E-state index contributed by atoms with van der Waals surface area (Å²) in [5.74, 6) is 0.553. The van der Waals surface area contributed by atoms with E-state index in [-0.39, 0.29) is 47.8 Å². The van der Waals surface area contributed by atoms with Crippen molar-refractivity contribution in [1.82, 2.24) is 24.7 Å². The molecule has 0 aliphatic carbocycles. The third-order valence-corrected chi connectivity index (χ3v) is 10.2. The number of fused-ring (bicyclic) bond motifs is 1. The summed E-state index contributed by atoms with van der Waals surface area (Å²) in [6.45, 7) is 13.7. The van der Waals surface area contributed by atoms with Crippen molar-refractivity contribution in [1.29, 1.82) is 0 Å². The molecule has 5 heterocycles. The number of rotatable bonds is 9. The minimum Gasteiger partial charge on any atom is -0.462 e. The Bertz CT molecular complexity index is 1540. The monoisotopic (exact) mass is 686 g/mol. The van der Waals surface area contributed by atoms with Gasteiger partial charge in [-0.15, -0.1) is 0 Å². The molecule has 14 heteroatoms. The largest absolute Gasteiger partial charge is 0.462 e.